The van der Waals surface area contributed by atoms with Gasteiger partial charge in [0.1, 0.15) is 0 Å². The molecular weight excluding hydrogens is 376 g/mol. The summed E-state index contributed by atoms with van der Waals surface area (Å²) in [6, 6.07) is 9.42. The van der Waals surface area contributed by atoms with Gasteiger partial charge in [0.05, 0.1) is 27.9 Å². The first kappa shape index (κ1) is 19.0. The van der Waals surface area contributed by atoms with Crippen LogP contribution in [0.2, 0.25) is 0 Å². The van der Waals surface area contributed by atoms with Gasteiger partial charge in [0, 0.05) is 11.5 Å². The van der Waals surface area contributed by atoms with Gasteiger partial charge < -0.3 is 28.4 Å². The second kappa shape index (κ2) is 7.95. The van der Waals surface area contributed by atoms with Crippen molar-refractivity contribution in [1.82, 2.24) is 0 Å². The standard InChI is InChI=1S/C22H22O7/c1-24-19-9-14(10-20(25-2)21(19)26-3)7-16-15(11-27-22(16)23)6-13-4-5-17-18(8-13)29-12-28-17/h4-5,7-10,15H,6,11-12H2,1-3H3/t15-/m1/s1. The number of methoxy groups -OCH3 is 3. The molecule has 0 spiro atoms. The van der Waals surface area contributed by atoms with Gasteiger partial charge in [-0.3, -0.25) is 0 Å². The highest BCUT2D eigenvalue weighted by Crippen LogP contribution is 2.40. The number of cyclic esters (lactones) is 1. The summed E-state index contributed by atoms with van der Waals surface area (Å²) >= 11 is 0. The quantitative estimate of drug-likeness (QED) is 0.546. The van der Waals surface area contributed by atoms with E-state index in [1.807, 2.05) is 24.3 Å². The van der Waals surface area contributed by atoms with Crippen LogP contribution in [0.1, 0.15) is 11.1 Å². The Bertz CT molecular complexity index is 939. The van der Waals surface area contributed by atoms with Crippen molar-refractivity contribution < 1.29 is 33.2 Å². The average molecular weight is 398 g/mol. The summed E-state index contributed by atoms with van der Waals surface area (Å²) in [7, 11) is 4.66. The van der Waals surface area contributed by atoms with Crippen molar-refractivity contribution in [1.29, 1.82) is 0 Å². The van der Waals surface area contributed by atoms with E-state index in [0.717, 1.165) is 22.6 Å². The summed E-state index contributed by atoms with van der Waals surface area (Å²) in [5.41, 5.74) is 2.43. The van der Waals surface area contributed by atoms with Crippen LogP contribution in [0.4, 0.5) is 0 Å². The molecule has 0 radical (unpaired) electrons. The van der Waals surface area contributed by atoms with E-state index in [-0.39, 0.29) is 18.7 Å². The minimum Gasteiger partial charge on any atom is -0.493 e. The fraction of sp³-hybridized carbons (Fsp3) is 0.318. The Morgan fingerprint density at radius 2 is 1.69 bits per heavy atom. The third-order valence-electron chi connectivity index (χ3n) is 5.02. The van der Waals surface area contributed by atoms with Gasteiger partial charge in [-0.25, -0.2) is 4.79 Å². The van der Waals surface area contributed by atoms with E-state index in [1.54, 1.807) is 33.5 Å². The molecule has 4 rings (SSSR count). The molecule has 0 unspecified atom stereocenters. The second-order valence-electron chi connectivity index (χ2n) is 6.75. The van der Waals surface area contributed by atoms with Crippen molar-refractivity contribution >= 4 is 12.0 Å². The van der Waals surface area contributed by atoms with Crippen molar-refractivity contribution in [3.63, 3.8) is 0 Å². The van der Waals surface area contributed by atoms with Crippen LogP contribution in [0.3, 0.4) is 0 Å². The number of carbonyl (C=O) groups is 1. The van der Waals surface area contributed by atoms with Crippen LogP contribution in [0.25, 0.3) is 6.08 Å². The van der Waals surface area contributed by atoms with E-state index in [0.29, 0.717) is 35.8 Å². The number of hydrogen-bond acceptors (Lipinski definition) is 7. The van der Waals surface area contributed by atoms with Gasteiger partial charge in [0.15, 0.2) is 23.0 Å². The molecule has 1 fully saturated rings. The minimum absolute atomic E-state index is 0.0676. The molecule has 0 N–H and O–H groups in total. The lowest BCUT2D eigenvalue weighted by Crippen LogP contribution is -2.07. The maximum Gasteiger partial charge on any atom is 0.334 e. The molecule has 2 aliphatic heterocycles. The van der Waals surface area contributed by atoms with Gasteiger partial charge in [-0.2, -0.15) is 0 Å². The van der Waals surface area contributed by atoms with Crippen molar-refractivity contribution in [2.24, 2.45) is 5.92 Å². The van der Waals surface area contributed by atoms with E-state index in [9.17, 15) is 4.79 Å². The van der Waals surface area contributed by atoms with Crippen LogP contribution in [-0.4, -0.2) is 40.7 Å². The highest BCUT2D eigenvalue weighted by molar-refractivity contribution is 5.96. The fourth-order valence-electron chi connectivity index (χ4n) is 3.58. The molecule has 1 atom stereocenters. The molecule has 0 aliphatic carbocycles. The number of rotatable bonds is 6. The predicted molar refractivity (Wildman–Crippen MR) is 105 cm³/mol. The molecule has 0 aromatic heterocycles. The third-order valence-corrected chi connectivity index (χ3v) is 5.02. The molecule has 29 heavy (non-hydrogen) atoms. The van der Waals surface area contributed by atoms with Crippen LogP contribution in [0, 0.1) is 5.92 Å². The molecule has 1 saturated heterocycles. The zero-order valence-electron chi connectivity index (χ0n) is 16.5. The molecule has 0 amide bonds. The first-order chi connectivity index (χ1) is 14.1. The van der Waals surface area contributed by atoms with Gasteiger partial charge in [0.2, 0.25) is 12.5 Å². The zero-order chi connectivity index (χ0) is 20.4. The molecule has 2 aromatic rings. The maximum absolute atomic E-state index is 12.4. The highest BCUT2D eigenvalue weighted by atomic mass is 16.7. The van der Waals surface area contributed by atoms with Crippen molar-refractivity contribution in [2.75, 3.05) is 34.7 Å². The summed E-state index contributed by atoms with van der Waals surface area (Å²) in [5, 5.41) is 0. The van der Waals surface area contributed by atoms with Crippen LogP contribution in [0.5, 0.6) is 28.7 Å². The van der Waals surface area contributed by atoms with Crippen LogP contribution in [0.15, 0.2) is 35.9 Å². The number of benzene rings is 2. The zero-order valence-corrected chi connectivity index (χ0v) is 16.5. The van der Waals surface area contributed by atoms with Crippen molar-refractivity contribution in [2.45, 2.75) is 6.42 Å². The molecular formula is C22H22O7. The Morgan fingerprint density at radius 3 is 2.38 bits per heavy atom. The second-order valence-corrected chi connectivity index (χ2v) is 6.75. The molecule has 0 bridgehead atoms. The molecule has 7 heteroatoms. The monoisotopic (exact) mass is 398 g/mol. The molecule has 2 heterocycles. The smallest absolute Gasteiger partial charge is 0.334 e. The van der Waals surface area contributed by atoms with Crippen LogP contribution >= 0.6 is 0 Å². The Morgan fingerprint density at radius 1 is 0.966 bits per heavy atom. The van der Waals surface area contributed by atoms with E-state index in [1.165, 1.54) is 0 Å². The third kappa shape index (κ3) is 3.68. The first-order valence-electron chi connectivity index (χ1n) is 9.20. The average Bonchev–Trinajstić information content (AvgIpc) is 3.34. The Kier molecular flexibility index (Phi) is 5.20. The number of ether oxygens (including phenoxy) is 6. The lowest BCUT2D eigenvalue weighted by Gasteiger charge is -2.14. The first-order valence-corrected chi connectivity index (χ1v) is 9.20. The van der Waals surface area contributed by atoms with E-state index in [2.05, 4.69) is 0 Å². The van der Waals surface area contributed by atoms with Gasteiger partial charge >= 0.3 is 5.97 Å². The Labute approximate surface area is 168 Å². The lowest BCUT2D eigenvalue weighted by molar-refractivity contribution is -0.135. The Balaban J connectivity index is 1.63. The summed E-state index contributed by atoms with van der Waals surface area (Å²) in [4.78, 5) is 12.4. The van der Waals surface area contributed by atoms with Crippen molar-refractivity contribution in [3.8, 4) is 28.7 Å². The largest absolute Gasteiger partial charge is 0.493 e. The SMILES string of the molecule is COc1cc(C=C2C(=O)OC[C@H]2Cc2ccc3c(c2)OCO3)cc(OC)c1OC. The number of carbonyl (C=O) groups excluding carboxylic acids is 1. The molecule has 7 nitrogen and oxygen atoms in total. The van der Waals surface area contributed by atoms with Gasteiger partial charge in [-0.15, -0.1) is 0 Å². The van der Waals surface area contributed by atoms with Crippen LogP contribution < -0.4 is 23.7 Å². The Hall–Kier alpha value is -3.35. The summed E-state index contributed by atoms with van der Waals surface area (Å²) < 4.78 is 32.3. The minimum atomic E-state index is -0.315. The van der Waals surface area contributed by atoms with E-state index < -0.39 is 0 Å². The van der Waals surface area contributed by atoms with Crippen LogP contribution in [-0.2, 0) is 16.0 Å². The maximum atomic E-state index is 12.4. The molecule has 0 saturated carbocycles. The lowest BCUT2D eigenvalue weighted by atomic mass is 9.92. The topological polar surface area (TPSA) is 72.5 Å². The van der Waals surface area contributed by atoms with E-state index >= 15 is 0 Å². The normalized spacial score (nSPS) is 18.7. The van der Waals surface area contributed by atoms with Crippen molar-refractivity contribution in [3.05, 3.63) is 47.0 Å². The fourth-order valence-corrected chi connectivity index (χ4v) is 3.58. The molecule has 152 valence electrons. The van der Waals surface area contributed by atoms with Gasteiger partial charge in [-0.05, 0) is 47.9 Å². The highest BCUT2D eigenvalue weighted by Gasteiger charge is 2.31. The molecule has 2 aromatic carbocycles. The van der Waals surface area contributed by atoms with Gasteiger partial charge in [-0.1, -0.05) is 6.07 Å². The number of fused-ring (bicyclic) bond motifs is 1. The van der Waals surface area contributed by atoms with E-state index in [4.69, 9.17) is 28.4 Å². The summed E-state index contributed by atoms with van der Waals surface area (Å²) in [5.74, 6) is 2.63. The number of hydrogen-bond donors (Lipinski definition) is 0. The number of esters is 1. The summed E-state index contributed by atoms with van der Waals surface area (Å²) in [6.07, 6.45) is 2.47. The predicted octanol–water partition coefficient (Wildman–Crippen LogP) is 3.24. The summed E-state index contributed by atoms with van der Waals surface area (Å²) in [6.45, 7) is 0.569. The van der Waals surface area contributed by atoms with Gasteiger partial charge in [0.25, 0.3) is 0 Å². The molecule has 2 aliphatic rings.